The van der Waals surface area contributed by atoms with Crippen LogP contribution in [-0.2, 0) is 6.54 Å². The smallest absolute Gasteiger partial charge is 0.212 e. The number of nitrogens with zero attached hydrogens (tertiary/aromatic N) is 3. The van der Waals surface area contributed by atoms with Crippen molar-refractivity contribution in [2.45, 2.75) is 20.4 Å². The van der Waals surface area contributed by atoms with E-state index in [4.69, 9.17) is 4.74 Å². The minimum Gasteiger partial charge on any atom is -0.481 e. The molecule has 2 aromatic rings. The zero-order valence-corrected chi connectivity index (χ0v) is 16.1. The summed E-state index contributed by atoms with van der Waals surface area (Å²) in [6.45, 7) is 7.63. The maximum atomic E-state index is 5.07. The number of methoxy groups -OCH3 is 1. The normalized spacial score (nSPS) is 11.2. The lowest BCUT2D eigenvalue weighted by atomic mass is 10.2. The van der Waals surface area contributed by atoms with Crippen molar-refractivity contribution in [3.63, 3.8) is 0 Å². The highest BCUT2D eigenvalue weighted by molar-refractivity contribution is 5.79. The van der Waals surface area contributed by atoms with E-state index in [0.29, 0.717) is 12.4 Å². The lowest BCUT2D eigenvalue weighted by molar-refractivity contribution is 0.397. The molecular weight excluding hydrogens is 326 g/mol. The Morgan fingerprint density at radius 1 is 1.23 bits per heavy atom. The first-order chi connectivity index (χ1) is 12.7. The Bertz CT molecular complexity index is 700. The number of pyridine rings is 1. The molecule has 0 saturated heterocycles. The van der Waals surface area contributed by atoms with Gasteiger partial charge in [0.25, 0.3) is 0 Å². The third-order valence-electron chi connectivity index (χ3n) is 4.11. The fourth-order valence-corrected chi connectivity index (χ4v) is 2.65. The van der Waals surface area contributed by atoms with Gasteiger partial charge in [0.1, 0.15) is 0 Å². The molecule has 0 aliphatic rings. The number of benzene rings is 1. The number of aryl methyl sites for hydroxylation is 1. The topological polar surface area (TPSA) is 61.8 Å². The predicted molar refractivity (Wildman–Crippen MR) is 108 cm³/mol. The number of aromatic nitrogens is 1. The SMILES string of the molecule is CCN(CCNC(=NC)NCc1ccc(OC)nc1)c1cccc(C)c1. The minimum atomic E-state index is 0.618. The molecule has 2 N–H and O–H groups in total. The molecule has 140 valence electrons. The highest BCUT2D eigenvalue weighted by Gasteiger charge is 2.05. The molecule has 1 aromatic carbocycles. The van der Waals surface area contributed by atoms with Crippen LogP contribution < -0.4 is 20.3 Å². The highest BCUT2D eigenvalue weighted by atomic mass is 16.5. The van der Waals surface area contributed by atoms with E-state index in [0.717, 1.165) is 31.2 Å². The van der Waals surface area contributed by atoms with Crippen LogP contribution in [0.25, 0.3) is 0 Å². The maximum absolute atomic E-state index is 5.07. The summed E-state index contributed by atoms with van der Waals surface area (Å²) in [5.41, 5.74) is 3.60. The van der Waals surface area contributed by atoms with Gasteiger partial charge < -0.3 is 20.3 Å². The van der Waals surface area contributed by atoms with Crippen molar-refractivity contribution < 1.29 is 4.74 Å². The third kappa shape index (κ3) is 5.95. The molecule has 1 aromatic heterocycles. The van der Waals surface area contributed by atoms with Gasteiger partial charge >= 0.3 is 0 Å². The van der Waals surface area contributed by atoms with E-state index in [1.54, 1.807) is 20.4 Å². The summed E-state index contributed by atoms with van der Waals surface area (Å²) < 4.78 is 5.07. The Kier molecular flexibility index (Phi) is 7.74. The van der Waals surface area contributed by atoms with Crippen molar-refractivity contribution in [3.8, 4) is 5.88 Å². The molecule has 26 heavy (non-hydrogen) atoms. The first kappa shape index (κ1) is 19.6. The van der Waals surface area contributed by atoms with Crippen LogP contribution in [0.2, 0.25) is 0 Å². The monoisotopic (exact) mass is 355 g/mol. The van der Waals surface area contributed by atoms with Crippen molar-refractivity contribution in [1.29, 1.82) is 0 Å². The first-order valence-electron chi connectivity index (χ1n) is 8.91. The average molecular weight is 355 g/mol. The van der Waals surface area contributed by atoms with Crippen LogP contribution in [0, 0.1) is 6.92 Å². The van der Waals surface area contributed by atoms with Gasteiger partial charge in [-0.15, -0.1) is 0 Å². The molecule has 2 rings (SSSR count). The number of likely N-dealkylation sites (N-methyl/N-ethyl adjacent to an activating group) is 1. The molecule has 0 saturated carbocycles. The molecule has 0 aliphatic heterocycles. The number of guanidine groups is 1. The van der Waals surface area contributed by atoms with Crippen molar-refractivity contribution in [2.75, 3.05) is 38.7 Å². The molecule has 0 amide bonds. The number of ether oxygens (including phenoxy) is 1. The molecular formula is C20H29N5O. The second-order valence-electron chi connectivity index (χ2n) is 5.98. The first-order valence-corrected chi connectivity index (χ1v) is 8.91. The van der Waals surface area contributed by atoms with Gasteiger partial charge in [-0.05, 0) is 37.1 Å². The van der Waals surface area contributed by atoms with Crippen LogP contribution in [0.4, 0.5) is 5.69 Å². The summed E-state index contributed by atoms with van der Waals surface area (Å²) in [7, 11) is 3.39. The second-order valence-corrected chi connectivity index (χ2v) is 5.98. The Labute approximate surface area is 156 Å². The zero-order valence-electron chi connectivity index (χ0n) is 16.1. The lowest BCUT2D eigenvalue weighted by Crippen LogP contribution is -2.41. The van der Waals surface area contributed by atoms with Gasteiger partial charge in [-0.3, -0.25) is 4.99 Å². The van der Waals surface area contributed by atoms with Gasteiger partial charge in [0, 0.05) is 51.2 Å². The van der Waals surface area contributed by atoms with Crippen LogP contribution in [-0.4, -0.2) is 44.7 Å². The fraction of sp³-hybridized carbons (Fsp3) is 0.400. The van der Waals surface area contributed by atoms with Crippen LogP contribution in [0.3, 0.4) is 0 Å². The molecule has 6 nitrogen and oxygen atoms in total. The summed E-state index contributed by atoms with van der Waals surface area (Å²) >= 11 is 0. The van der Waals surface area contributed by atoms with E-state index in [2.05, 4.69) is 63.6 Å². The van der Waals surface area contributed by atoms with E-state index < -0.39 is 0 Å². The quantitative estimate of drug-likeness (QED) is 0.563. The number of hydrogen-bond donors (Lipinski definition) is 2. The van der Waals surface area contributed by atoms with Gasteiger partial charge in [0.2, 0.25) is 5.88 Å². The average Bonchev–Trinajstić information content (AvgIpc) is 2.68. The third-order valence-corrected chi connectivity index (χ3v) is 4.11. The molecule has 1 heterocycles. The standard InChI is InChI=1S/C20H29N5O/c1-5-25(18-8-6-7-16(2)13-18)12-11-22-20(21-3)24-15-17-9-10-19(26-4)23-14-17/h6-10,13-14H,5,11-12,15H2,1-4H3,(H2,21,22,24). The van der Waals surface area contributed by atoms with Gasteiger partial charge in [0.05, 0.1) is 7.11 Å². The number of nitrogens with one attached hydrogen (secondary N) is 2. The summed E-state index contributed by atoms with van der Waals surface area (Å²) in [5.74, 6) is 1.40. The maximum Gasteiger partial charge on any atom is 0.212 e. The molecule has 0 radical (unpaired) electrons. The van der Waals surface area contributed by atoms with Gasteiger partial charge in [0.15, 0.2) is 5.96 Å². The molecule has 0 spiro atoms. The van der Waals surface area contributed by atoms with Crippen LogP contribution in [0.15, 0.2) is 47.6 Å². The Hall–Kier alpha value is -2.76. The Morgan fingerprint density at radius 3 is 2.69 bits per heavy atom. The lowest BCUT2D eigenvalue weighted by Gasteiger charge is -2.24. The summed E-state index contributed by atoms with van der Waals surface area (Å²) in [5, 5.41) is 6.67. The molecule has 0 atom stereocenters. The van der Waals surface area contributed by atoms with E-state index in [1.807, 2.05) is 12.1 Å². The number of hydrogen-bond acceptors (Lipinski definition) is 4. The van der Waals surface area contributed by atoms with Crippen molar-refractivity contribution >= 4 is 11.6 Å². The molecule has 6 heteroatoms. The largest absolute Gasteiger partial charge is 0.481 e. The predicted octanol–water partition coefficient (Wildman–Crippen LogP) is 2.59. The summed E-state index contributed by atoms with van der Waals surface area (Å²) in [6.07, 6.45) is 1.80. The van der Waals surface area contributed by atoms with Crippen LogP contribution >= 0.6 is 0 Å². The van der Waals surface area contributed by atoms with Gasteiger partial charge in [-0.25, -0.2) is 4.98 Å². The molecule has 0 fully saturated rings. The highest BCUT2D eigenvalue weighted by Crippen LogP contribution is 2.14. The van der Waals surface area contributed by atoms with Crippen molar-refractivity contribution in [3.05, 3.63) is 53.7 Å². The van der Waals surface area contributed by atoms with E-state index in [1.165, 1.54) is 11.3 Å². The van der Waals surface area contributed by atoms with Gasteiger partial charge in [-0.2, -0.15) is 0 Å². The van der Waals surface area contributed by atoms with Crippen molar-refractivity contribution in [1.82, 2.24) is 15.6 Å². The van der Waals surface area contributed by atoms with Gasteiger partial charge in [-0.1, -0.05) is 18.2 Å². The minimum absolute atomic E-state index is 0.618. The zero-order chi connectivity index (χ0) is 18.8. The fourth-order valence-electron chi connectivity index (χ4n) is 2.65. The summed E-state index contributed by atoms with van der Waals surface area (Å²) in [6, 6.07) is 12.4. The molecule has 0 unspecified atom stereocenters. The number of anilines is 1. The van der Waals surface area contributed by atoms with Crippen LogP contribution in [0.5, 0.6) is 5.88 Å². The second kappa shape index (κ2) is 10.3. The van der Waals surface area contributed by atoms with Crippen LogP contribution in [0.1, 0.15) is 18.1 Å². The summed E-state index contributed by atoms with van der Waals surface area (Å²) in [4.78, 5) is 10.8. The molecule has 0 bridgehead atoms. The Balaban J connectivity index is 1.80. The number of aliphatic imine (C=N–C) groups is 1. The number of rotatable bonds is 8. The van der Waals surface area contributed by atoms with E-state index in [9.17, 15) is 0 Å². The Morgan fingerprint density at radius 2 is 2.08 bits per heavy atom. The van der Waals surface area contributed by atoms with Crippen molar-refractivity contribution in [2.24, 2.45) is 4.99 Å². The molecule has 0 aliphatic carbocycles. The van der Waals surface area contributed by atoms with E-state index in [-0.39, 0.29) is 0 Å². The van der Waals surface area contributed by atoms with E-state index >= 15 is 0 Å².